The summed E-state index contributed by atoms with van der Waals surface area (Å²) in [4.78, 5) is 28.2. The predicted molar refractivity (Wildman–Crippen MR) is 95.7 cm³/mol. The maximum absolute atomic E-state index is 12.1. The van der Waals surface area contributed by atoms with Gasteiger partial charge < -0.3 is 15.2 Å². The van der Waals surface area contributed by atoms with Crippen LogP contribution in [0.5, 0.6) is 0 Å². The van der Waals surface area contributed by atoms with Gasteiger partial charge in [-0.2, -0.15) is 0 Å². The van der Waals surface area contributed by atoms with Crippen LogP contribution in [0.25, 0.3) is 10.2 Å². The van der Waals surface area contributed by atoms with Crippen molar-refractivity contribution in [3.63, 3.8) is 0 Å². The number of aliphatic carboxylic acids is 1. The molecule has 0 bridgehead atoms. The van der Waals surface area contributed by atoms with Gasteiger partial charge in [-0.25, -0.2) is 4.98 Å². The first-order valence-electron chi connectivity index (χ1n) is 8.51. The van der Waals surface area contributed by atoms with E-state index >= 15 is 0 Å². The van der Waals surface area contributed by atoms with E-state index < -0.39 is 11.4 Å². The van der Waals surface area contributed by atoms with Gasteiger partial charge in [-0.15, -0.1) is 11.3 Å². The van der Waals surface area contributed by atoms with Crippen LogP contribution in [0.4, 0.5) is 0 Å². The third-order valence-electron chi connectivity index (χ3n) is 4.66. The number of ether oxygens (including phenoxy) is 1. The van der Waals surface area contributed by atoms with Crippen LogP contribution in [0.15, 0.2) is 24.3 Å². The number of benzene rings is 1. The van der Waals surface area contributed by atoms with Crippen LogP contribution in [0.1, 0.15) is 30.7 Å². The van der Waals surface area contributed by atoms with Gasteiger partial charge in [0, 0.05) is 26.2 Å². The highest BCUT2D eigenvalue weighted by Crippen LogP contribution is 2.30. The smallest absolute Gasteiger partial charge is 0.311 e. The lowest BCUT2D eigenvalue weighted by molar-refractivity contribution is -0.154. The number of amides is 1. The van der Waals surface area contributed by atoms with E-state index in [0.29, 0.717) is 38.9 Å². The third-order valence-corrected chi connectivity index (χ3v) is 5.76. The molecule has 0 saturated carbocycles. The highest BCUT2D eigenvalue weighted by Gasteiger charge is 2.40. The number of thiazole rings is 1. The van der Waals surface area contributed by atoms with Crippen molar-refractivity contribution in [1.82, 2.24) is 10.3 Å². The third kappa shape index (κ3) is 4.35. The van der Waals surface area contributed by atoms with E-state index in [0.717, 1.165) is 21.6 Å². The summed E-state index contributed by atoms with van der Waals surface area (Å²) in [5, 5.41) is 13.3. The maximum Gasteiger partial charge on any atom is 0.311 e. The standard InChI is InChI=1S/C18H22N2O4S/c21-15(19-12-18(17(22)23)8-10-24-11-9-18)6-3-7-16-20-13-4-1-2-5-14(13)25-16/h1-2,4-5H,3,6-12H2,(H,19,21)(H,22,23). The first-order chi connectivity index (χ1) is 12.1. The molecule has 2 heterocycles. The van der Waals surface area contributed by atoms with Crippen molar-refractivity contribution in [2.24, 2.45) is 5.41 Å². The van der Waals surface area contributed by atoms with E-state index in [4.69, 9.17) is 4.74 Å². The van der Waals surface area contributed by atoms with Gasteiger partial charge in [0.2, 0.25) is 5.91 Å². The molecule has 1 saturated heterocycles. The van der Waals surface area contributed by atoms with E-state index in [1.54, 1.807) is 11.3 Å². The molecule has 3 rings (SSSR count). The number of nitrogens with one attached hydrogen (secondary N) is 1. The molecule has 1 aliphatic rings. The summed E-state index contributed by atoms with van der Waals surface area (Å²) in [7, 11) is 0. The molecule has 0 spiro atoms. The number of hydrogen-bond donors (Lipinski definition) is 2. The second-order valence-corrected chi connectivity index (χ2v) is 7.52. The fourth-order valence-electron chi connectivity index (χ4n) is 3.01. The molecule has 1 aliphatic heterocycles. The summed E-state index contributed by atoms with van der Waals surface area (Å²) in [6.07, 6.45) is 2.71. The Bertz CT molecular complexity index is 719. The number of nitrogens with zero attached hydrogens (tertiary/aromatic N) is 1. The van der Waals surface area contributed by atoms with Crippen molar-refractivity contribution in [3.8, 4) is 0 Å². The molecule has 2 N–H and O–H groups in total. The first kappa shape index (κ1) is 17.8. The average molecular weight is 362 g/mol. The minimum atomic E-state index is -0.888. The molecule has 1 amide bonds. The van der Waals surface area contributed by atoms with E-state index in [9.17, 15) is 14.7 Å². The minimum Gasteiger partial charge on any atom is -0.481 e. The number of carbonyl (C=O) groups is 2. The number of carboxylic acid groups (broad SMARTS) is 1. The molecule has 0 unspecified atom stereocenters. The topological polar surface area (TPSA) is 88.5 Å². The van der Waals surface area contributed by atoms with Crippen LogP contribution < -0.4 is 5.32 Å². The molecule has 134 valence electrons. The number of para-hydroxylation sites is 1. The Hall–Kier alpha value is -1.99. The van der Waals surface area contributed by atoms with Crippen LogP contribution >= 0.6 is 11.3 Å². The zero-order valence-corrected chi connectivity index (χ0v) is 14.8. The molecular formula is C18H22N2O4S. The Labute approximate surface area is 150 Å². The Kier molecular flexibility index (Phi) is 5.65. The van der Waals surface area contributed by atoms with Gasteiger partial charge in [0.05, 0.1) is 20.6 Å². The van der Waals surface area contributed by atoms with Gasteiger partial charge >= 0.3 is 5.97 Å². The summed E-state index contributed by atoms with van der Waals surface area (Å²) in [5.74, 6) is -0.959. The number of carboxylic acids is 1. The summed E-state index contributed by atoms with van der Waals surface area (Å²) in [6, 6.07) is 7.99. The fourth-order valence-corrected chi connectivity index (χ4v) is 4.02. The van der Waals surface area contributed by atoms with Crippen LogP contribution in [0.3, 0.4) is 0 Å². The monoisotopic (exact) mass is 362 g/mol. The van der Waals surface area contributed by atoms with Crippen LogP contribution in [-0.2, 0) is 20.7 Å². The molecule has 25 heavy (non-hydrogen) atoms. The fraction of sp³-hybridized carbons (Fsp3) is 0.500. The average Bonchev–Trinajstić information content (AvgIpc) is 3.03. The summed E-state index contributed by atoms with van der Waals surface area (Å²) in [5.41, 5.74) is 0.107. The van der Waals surface area contributed by atoms with Crippen molar-refractivity contribution >= 4 is 33.4 Å². The second-order valence-electron chi connectivity index (χ2n) is 6.40. The predicted octanol–water partition coefficient (Wildman–Crippen LogP) is 2.62. The molecule has 2 aromatic rings. The largest absolute Gasteiger partial charge is 0.481 e. The van der Waals surface area contributed by atoms with E-state index in [1.807, 2.05) is 24.3 Å². The van der Waals surface area contributed by atoms with E-state index in [2.05, 4.69) is 10.3 Å². The first-order valence-corrected chi connectivity index (χ1v) is 9.33. The maximum atomic E-state index is 12.1. The number of fused-ring (bicyclic) bond motifs is 1. The van der Waals surface area contributed by atoms with Gasteiger partial charge in [-0.05, 0) is 37.8 Å². The normalized spacial score (nSPS) is 16.6. The Morgan fingerprint density at radius 3 is 2.76 bits per heavy atom. The molecule has 1 fully saturated rings. The van der Waals surface area contributed by atoms with E-state index in [1.165, 1.54) is 0 Å². The highest BCUT2D eigenvalue weighted by atomic mass is 32.1. The number of rotatable bonds is 7. The van der Waals surface area contributed by atoms with E-state index in [-0.39, 0.29) is 12.5 Å². The molecular weight excluding hydrogens is 340 g/mol. The van der Waals surface area contributed by atoms with Gasteiger partial charge in [0.1, 0.15) is 0 Å². The van der Waals surface area contributed by atoms with Gasteiger partial charge in [0.25, 0.3) is 0 Å². The van der Waals surface area contributed by atoms with Crippen molar-refractivity contribution in [3.05, 3.63) is 29.3 Å². The van der Waals surface area contributed by atoms with Crippen LogP contribution in [0.2, 0.25) is 0 Å². The van der Waals surface area contributed by atoms with Gasteiger partial charge in [-0.3, -0.25) is 9.59 Å². The lowest BCUT2D eigenvalue weighted by Crippen LogP contribution is -2.46. The van der Waals surface area contributed by atoms with Crippen molar-refractivity contribution in [2.45, 2.75) is 32.1 Å². The molecule has 0 atom stereocenters. The molecule has 6 nitrogen and oxygen atoms in total. The SMILES string of the molecule is O=C(CCCc1nc2ccccc2s1)NCC1(C(=O)O)CCOCC1. The number of aryl methyl sites for hydroxylation is 1. The quantitative estimate of drug-likeness (QED) is 0.790. The molecule has 1 aromatic carbocycles. The molecule has 0 radical (unpaired) electrons. The minimum absolute atomic E-state index is 0.103. The molecule has 1 aromatic heterocycles. The summed E-state index contributed by atoms with van der Waals surface area (Å²) >= 11 is 1.65. The Morgan fingerprint density at radius 2 is 2.04 bits per heavy atom. The summed E-state index contributed by atoms with van der Waals surface area (Å²) < 4.78 is 6.40. The van der Waals surface area contributed by atoms with Gasteiger partial charge in [0.15, 0.2) is 0 Å². The number of hydrogen-bond acceptors (Lipinski definition) is 5. The van der Waals surface area contributed by atoms with Gasteiger partial charge in [-0.1, -0.05) is 12.1 Å². The lowest BCUT2D eigenvalue weighted by atomic mass is 9.80. The molecule has 7 heteroatoms. The summed E-state index contributed by atoms with van der Waals surface area (Å²) in [6.45, 7) is 1.03. The second kappa shape index (κ2) is 7.93. The zero-order valence-electron chi connectivity index (χ0n) is 14.0. The van der Waals surface area contributed by atoms with Crippen molar-refractivity contribution < 1.29 is 19.4 Å². The zero-order chi connectivity index (χ0) is 17.7. The van der Waals surface area contributed by atoms with Crippen molar-refractivity contribution in [1.29, 1.82) is 0 Å². The Morgan fingerprint density at radius 1 is 1.28 bits per heavy atom. The number of aromatic nitrogens is 1. The lowest BCUT2D eigenvalue weighted by Gasteiger charge is -2.33. The van der Waals surface area contributed by atoms with Crippen LogP contribution in [-0.4, -0.2) is 41.7 Å². The van der Waals surface area contributed by atoms with Crippen LogP contribution in [0, 0.1) is 5.41 Å². The molecule has 0 aliphatic carbocycles. The number of carbonyl (C=O) groups excluding carboxylic acids is 1. The Balaban J connectivity index is 1.45. The highest BCUT2D eigenvalue weighted by molar-refractivity contribution is 7.18. The van der Waals surface area contributed by atoms with Crippen molar-refractivity contribution in [2.75, 3.05) is 19.8 Å².